The molecule has 8 heteroatoms. The summed E-state index contributed by atoms with van der Waals surface area (Å²) in [5, 5.41) is 11.9. The number of carbonyl (C=O) groups is 2. The summed E-state index contributed by atoms with van der Waals surface area (Å²) >= 11 is 0. The van der Waals surface area contributed by atoms with Crippen LogP contribution in [0.1, 0.15) is 37.2 Å². The van der Waals surface area contributed by atoms with Crippen LogP contribution in [0, 0.1) is 11.8 Å². The number of ether oxygens (including phenoxy) is 1. The fourth-order valence-corrected chi connectivity index (χ4v) is 3.55. The van der Waals surface area contributed by atoms with Crippen molar-refractivity contribution in [1.82, 2.24) is 5.32 Å². The molecule has 4 atom stereocenters. The zero-order chi connectivity index (χ0) is 18.2. The van der Waals surface area contributed by atoms with Gasteiger partial charge in [-0.15, -0.1) is 13.2 Å². The van der Waals surface area contributed by atoms with Crippen molar-refractivity contribution in [2.24, 2.45) is 11.8 Å². The maximum absolute atomic E-state index is 12.5. The summed E-state index contributed by atoms with van der Waals surface area (Å²) in [6, 6.07) is 5.39. The standard InChI is InChI=1S/C17H18F3NO4/c18-17(19,20)25-14-7-2-1-4-9(14)11-8-12(11)15(22)21-13-6-3-5-10(13)16(23)24/h1-2,4,7,10-13H,3,5-6,8H2,(H,21,22)(H,23,24)/t10-,11?,12?,13+/m1/s1. The summed E-state index contributed by atoms with van der Waals surface area (Å²) in [6.07, 6.45) is -2.50. The number of benzene rings is 1. The number of rotatable bonds is 5. The van der Waals surface area contributed by atoms with Crippen molar-refractivity contribution in [3.8, 4) is 5.75 Å². The Kier molecular flexibility index (Phi) is 4.62. The lowest BCUT2D eigenvalue weighted by atomic mass is 10.0. The highest BCUT2D eigenvalue weighted by molar-refractivity contribution is 5.84. The molecule has 0 bridgehead atoms. The van der Waals surface area contributed by atoms with E-state index < -0.39 is 30.2 Å². The van der Waals surface area contributed by atoms with Crippen molar-refractivity contribution in [3.63, 3.8) is 0 Å². The van der Waals surface area contributed by atoms with Gasteiger partial charge in [-0.3, -0.25) is 9.59 Å². The second-order valence-electron chi connectivity index (χ2n) is 6.53. The lowest BCUT2D eigenvalue weighted by Crippen LogP contribution is -2.41. The Bertz CT molecular complexity index is 676. The number of nitrogens with one attached hydrogen (secondary N) is 1. The predicted octanol–water partition coefficient (Wildman–Crippen LogP) is 3.06. The molecule has 5 nitrogen and oxygen atoms in total. The van der Waals surface area contributed by atoms with Gasteiger partial charge in [-0.25, -0.2) is 0 Å². The van der Waals surface area contributed by atoms with Gasteiger partial charge in [0.05, 0.1) is 5.92 Å². The van der Waals surface area contributed by atoms with Crippen molar-refractivity contribution in [1.29, 1.82) is 0 Å². The number of carboxylic acid groups (broad SMARTS) is 1. The number of aliphatic carboxylic acids is 1. The summed E-state index contributed by atoms with van der Waals surface area (Å²) < 4.78 is 41.5. The Morgan fingerprint density at radius 3 is 2.56 bits per heavy atom. The van der Waals surface area contributed by atoms with Gasteiger partial charge >= 0.3 is 12.3 Å². The molecule has 0 heterocycles. The number of alkyl halides is 3. The zero-order valence-electron chi connectivity index (χ0n) is 13.3. The van der Waals surface area contributed by atoms with Crippen LogP contribution in [-0.2, 0) is 9.59 Å². The van der Waals surface area contributed by atoms with Crippen LogP contribution in [0.5, 0.6) is 5.75 Å². The Morgan fingerprint density at radius 2 is 1.88 bits per heavy atom. The minimum absolute atomic E-state index is 0.292. The number of carboxylic acids is 1. The molecule has 2 aliphatic carbocycles. The average molecular weight is 357 g/mol. The molecule has 0 aliphatic heterocycles. The summed E-state index contributed by atoms with van der Waals surface area (Å²) in [7, 11) is 0. The van der Waals surface area contributed by atoms with Gasteiger partial charge in [0.15, 0.2) is 0 Å². The topological polar surface area (TPSA) is 75.6 Å². The maximum atomic E-state index is 12.5. The quantitative estimate of drug-likeness (QED) is 0.849. The van der Waals surface area contributed by atoms with Gasteiger partial charge in [-0.05, 0) is 36.8 Å². The van der Waals surface area contributed by atoms with E-state index >= 15 is 0 Å². The highest BCUT2D eigenvalue weighted by atomic mass is 19.4. The second-order valence-corrected chi connectivity index (χ2v) is 6.53. The van der Waals surface area contributed by atoms with Crippen molar-refractivity contribution >= 4 is 11.9 Å². The number of hydrogen-bond donors (Lipinski definition) is 2. The molecule has 0 radical (unpaired) electrons. The SMILES string of the molecule is O=C(N[C@H]1CCC[C@H]1C(=O)O)C1CC1c1ccccc1OC(F)(F)F. The fourth-order valence-electron chi connectivity index (χ4n) is 3.55. The summed E-state index contributed by atoms with van der Waals surface area (Å²) in [5.74, 6) is -2.91. The Balaban J connectivity index is 1.65. The molecule has 2 fully saturated rings. The van der Waals surface area contributed by atoms with E-state index in [0.717, 1.165) is 6.42 Å². The first kappa shape index (κ1) is 17.6. The van der Waals surface area contributed by atoms with Gasteiger partial charge in [0, 0.05) is 12.0 Å². The minimum Gasteiger partial charge on any atom is -0.481 e. The zero-order valence-corrected chi connectivity index (χ0v) is 13.3. The third-order valence-electron chi connectivity index (χ3n) is 4.83. The molecule has 2 unspecified atom stereocenters. The van der Waals surface area contributed by atoms with E-state index in [-0.39, 0.29) is 17.6 Å². The first-order chi connectivity index (χ1) is 11.8. The molecule has 2 saturated carbocycles. The normalized spacial score (nSPS) is 28.4. The Labute approximate surface area is 142 Å². The summed E-state index contributed by atoms with van der Waals surface area (Å²) in [5.41, 5.74) is 0.348. The van der Waals surface area contributed by atoms with Gasteiger partial charge in [0.1, 0.15) is 5.75 Å². The number of amides is 1. The molecule has 1 amide bonds. The monoisotopic (exact) mass is 357 g/mol. The molecule has 1 aromatic carbocycles. The van der Waals surface area contributed by atoms with E-state index in [0.29, 0.717) is 24.8 Å². The molecule has 3 rings (SSSR count). The van der Waals surface area contributed by atoms with Crippen LogP contribution in [0.3, 0.4) is 0 Å². The summed E-state index contributed by atoms with van der Waals surface area (Å²) in [6.45, 7) is 0. The second kappa shape index (κ2) is 6.57. The fraction of sp³-hybridized carbons (Fsp3) is 0.529. The van der Waals surface area contributed by atoms with E-state index in [1.54, 1.807) is 6.07 Å². The van der Waals surface area contributed by atoms with E-state index in [4.69, 9.17) is 5.11 Å². The number of carbonyl (C=O) groups excluding carboxylic acids is 1. The van der Waals surface area contributed by atoms with Gasteiger partial charge < -0.3 is 15.2 Å². The van der Waals surface area contributed by atoms with Gasteiger partial charge in [0.2, 0.25) is 5.91 Å². The van der Waals surface area contributed by atoms with Crippen LogP contribution >= 0.6 is 0 Å². The van der Waals surface area contributed by atoms with E-state index in [2.05, 4.69) is 10.1 Å². The molecule has 0 aromatic heterocycles. The molecule has 0 spiro atoms. The van der Waals surface area contributed by atoms with Crippen LogP contribution in [0.25, 0.3) is 0 Å². The Morgan fingerprint density at radius 1 is 1.16 bits per heavy atom. The third kappa shape index (κ3) is 4.05. The molecule has 2 aliphatic rings. The van der Waals surface area contributed by atoms with E-state index in [1.165, 1.54) is 18.2 Å². The molecule has 136 valence electrons. The molecule has 0 saturated heterocycles. The smallest absolute Gasteiger partial charge is 0.481 e. The van der Waals surface area contributed by atoms with Crippen LogP contribution in [-0.4, -0.2) is 29.4 Å². The molecule has 2 N–H and O–H groups in total. The van der Waals surface area contributed by atoms with Crippen LogP contribution in [0.2, 0.25) is 0 Å². The highest BCUT2D eigenvalue weighted by Gasteiger charge is 2.47. The Hall–Kier alpha value is -2.25. The van der Waals surface area contributed by atoms with Crippen molar-refractivity contribution < 1.29 is 32.6 Å². The van der Waals surface area contributed by atoms with Crippen molar-refractivity contribution in [3.05, 3.63) is 29.8 Å². The average Bonchev–Trinajstić information content (AvgIpc) is 3.17. The van der Waals surface area contributed by atoms with Crippen molar-refractivity contribution in [2.75, 3.05) is 0 Å². The maximum Gasteiger partial charge on any atom is 0.573 e. The molecule has 1 aromatic rings. The van der Waals surface area contributed by atoms with E-state index in [9.17, 15) is 22.8 Å². The van der Waals surface area contributed by atoms with Crippen LogP contribution < -0.4 is 10.1 Å². The summed E-state index contributed by atoms with van der Waals surface area (Å²) in [4.78, 5) is 23.5. The van der Waals surface area contributed by atoms with Gasteiger partial charge in [-0.2, -0.15) is 0 Å². The molecule has 25 heavy (non-hydrogen) atoms. The van der Waals surface area contributed by atoms with E-state index in [1.807, 2.05) is 0 Å². The number of halogens is 3. The largest absolute Gasteiger partial charge is 0.573 e. The van der Waals surface area contributed by atoms with Gasteiger partial charge in [0.25, 0.3) is 0 Å². The number of para-hydroxylation sites is 1. The number of hydrogen-bond acceptors (Lipinski definition) is 3. The van der Waals surface area contributed by atoms with Crippen LogP contribution in [0.4, 0.5) is 13.2 Å². The third-order valence-corrected chi connectivity index (χ3v) is 4.83. The lowest BCUT2D eigenvalue weighted by Gasteiger charge is -2.18. The molecular weight excluding hydrogens is 339 g/mol. The minimum atomic E-state index is -4.79. The van der Waals surface area contributed by atoms with Crippen molar-refractivity contribution in [2.45, 2.75) is 44.0 Å². The molecular formula is C17H18F3NO4. The first-order valence-electron chi connectivity index (χ1n) is 8.14. The predicted molar refractivity (Wildman–Crippen MR) is 80.9 cm³/mol. The first-order valence-corrected chi connectivity index (χ1v) is 8.14. The highest BCUT2D eigenvalue weighted by Crippen LogP contribution is 2.51. The van der Waals surface area contributed by atoms with Crippen LogP contribution in [0.15, 0.2) is 24.3 Å². The lowest BCUT2D eigenvalue weighted by molar-refractivity contribution is -0.274. The van der Waals surface area contributed by atoms with Gasteiger partial charge in [-0.1, -0.05) is 24.6 Å².